The maximum absolute atomic E-state index is 3.94. The van der Waals surface area contributed by atoms with Gasteiger partial charge in [-0.1, -0.05) is 18.2 Å². The number of benzene rings is 1. The molecule has 5 nitrogen and oxygen atoms in total. The molecule has 2 heterocycles. The summed E-state index contributed by atoms with van der Waals surface area (Å²) in [6, 6.07) is 8.19. The number of nitrogens with zero attached hydrogens (tertiary/aromatic N) is 4. The van der Waals surface area contributed by atoms with E-state index in [0.717, 1.165) is 18.1 Å². The second-order valence-corrected chi connectivity index (χ2v) is 3.26. The van der Waals surface area contributed by atoms with E-state index in [0.29, 0.717) is 6.54 Å². The van der Waals surface area contributed by atoms with Crippen molar-refractivity contribution in [2.75, 3.05) is 5.32 Å². The molecule has 1 aliphatic heterocycles. The van der Waals surface area contributed by atoms with E-state index in [9.17, 15) is 0 Å². The lowest BCUT2D eigenvalue weighted by atomic mass is 10.2. The number of nitrogens with one attached hydrogen (secondary N) is 1. The third-order valence-corrected chi connectivity index (χ3v) is 2.38. The van der Waals surface area contributed by atoms with Crippen LogP contribution in [0.25, 0.3) is 0 Å². The van der Waals surface area contributed by atoms with E-state index in [-0.39, 0.29) is 0 Å². The maximum Gasteiger partial charge on any atom is 0.170 e. The minimum atomic E-state index is 0.685. The number of anilines is 1. The van der Waals surface area contributed by atoms with Crippen LogP contribution in [-0.4, -0.2) is 20.2 Å². The molecule has 0 aliphatic carbocycles. The van der Waals surface area contributed by atoms with E-state index in [1.807, 2.05) is 16.8 Å². The van der Waals surface area contributed by atoms with Gasteiger partial charge in [-0.25, -0.2) is 4.68 Å². The molecule has 0 atom stereocenters. The van der Waals surface area contributed by atoms with Gasteiger partial charge in [0, 0.05) is 5.69 Å². The molecular formula is C9H9N5. The first-order valence-corrected chi connectivity index (χ1v) is 4.50. The summed E-state index contributed by atoms with van der Waals surface area (Å²) >= 11 is 0. The van der Waals surface area contributed by atoms with E-state index >= 15 is 0 Å². The Hall–Kier alpha value is -1.91. The normalized spacial score (nSPS) is 13.7. The summed E-state index contributed by atoms with van der Waals surface area (Å²) < 4.78 is 1.82. The molecule has 14 heavy (non-hydrogen) atoms. The lowest BCUT2D eigenvalue weighted by Crippen LogP contribution is -2.05. The second-order valence-electron chi connectivity index (χ2n) is 3.26. The third kappa shape index (κ3) is 1.06. The first-order chi connectivity index (χ1) is 6.93. The van der Waals surface area contributed by atoms with Gasteiger partial charge in [0.05, 0.1) is 13.1 Å². The predicted molar refractivity (Wildman–Crippen MR) is 50.7 cm³/mol. The lowest BCUT2D eigenvalue weighted by Gasteiger charge is -2.04. The minimum absolute atomic E-state index is 0.685. The van der Waals surface area contributed by atoms with E-state index < -0.39 is 0 Å². The molecule has 70 valence electrons. The molecule has 0 saturated carbocycles. The fourth-order valence-corrected chi connectivity index (χ4v) is 1.64. The molecule has 0 fully saturated rings. The van der Waals surface area contributed by atoms with Crippen molar-refractivity contribution < 1.29 is 0 Å². The van der Waals surface area contributed by atoms with Crippen molar-refractivity contribution in [3.05, 3.63) is 35.7 Å². The zero-order valence-electron chi connectivity index (χ0n) is 7.51. The highest BCUT2D eigenvalue weighted by molar-refractivity contribution is 5.51. The van der Waals surface area contributed by atoms with E-state index in [4.69, 9.17) is 0 Å². The molecule has 1 aromatic carbocycles. The number of hydrogen-bond acceptors (Lipinski definition) is 4. The van der Waals surface area contributed by atoms with Crippen LogP contribution in [0.5, 0.6) is 0 Å². The quantitative estimate of drug-likeness (QED) is 0.657. The molecular weight excluding hydrogens is 178 g/mol. The van der Waals surface area contributed by atoms with E-state index in [1.165, 1.54) is 5.56 Å². The van der Waals surface area contributed by atoms with Crippen molar-refractivity contribution >= 4 is 5.69 Å². The van der Waals surface area contributed by atoms with Crippen LogP contribution in [0.3, 0.4) is 0 Å². The van der Waals surface area contributed by atoms with Gasteiger partial charge in [0.2, 0.25) is 0 Å². The van der Waals surface area contributed by atoms with Crippen LogP contribution in [-0.2, 0) is 13.1 Å². The topological polar surface area (TPSA) is 55.6 Å². The Bertz CT molecular complexity index is 462. The van der Waals surface area contributed by atoms with Crippen LogP contribution in [0, 0.1) is 0 Å². The number of fused-ring (bicyclic) bond motifs is 2. The second kappa shape index (κ2) is 2.80. The minimum Gasteiger partial charge on any atom is -0.377 e. The largest absolute Gasteiger partial charge is 0.377 e. The SMILES string of the molecule is c1ccc2c(c1)Cn1nnnc1CN2. The van der Waals surface area contributed by atoms with Crippen LogP contribution < -0.4 is 5.32 Å². The highest BCUT2D eigenvalue weighted by Crippen LogP contribution is 2.19. The first-order valence-electron chi connectivity index (χ1n) is 4.50. The number of tetrazole rings is 1. The Morgan fingerprint density at radius 1 is 1.29 bits per heavy atom. The molecule has 0 unspecified atom stereocenters. The number of aromatic nitrogens is 4. The fraction of sp³-hybridized carbons (Fsp3) is 0.222. The Labute approximate surface area is 80.7 Å². The third-order valence-electron chi connectivity index (χ3n) is 2.38. The Morgan fingerprint density at radius 2 is 2.21 bits per heavy atom. The highest BCUT2D eigenvalue weighted by atomic mass is 15.5. The van der Waals surface area contributed by atoms with Gasteiger partial charge in [0.25, 0.3) is 0 Å². The van der Waals surface area contributed by atoms with Crippen LogP contribution in [0.15, 0.2) is 24.3 Å². The van der Waals surface area contributed by atoms with Gasteiger partial charge >= 0.3 is 0 Å². The molecule has 1 aromatic heterocycles. The zero-order chi connectivity index (χ0) is 9.38. The lowest BCUT2D eigenvalue weighted by molar-refractivity contribution is 0.632. The Kier molecular flexibility index (Phi) is 1.50. The summed E-state index contributed by atoms with van der Waals surface area (Å²) in [6.45, 7) is 1.43. The molecule has 0 spiro atoms. The highest BCUT2D eigenvalue weighted by Gasteiger charge is 2.13. The molecule has 3 rings (SSSR count). The van der Waals surface area contributed by atoms with Crippen molar-refractivity contribution in [3.8, 4) is 0 Å². The molecule has 0 saturated heterocycles. The molecule has 1 N–H and O–H groups in total. The van der Waals surface area contributed by atoms with Gasteiger partial charge in [0.1, 0.15) is 0 Å². The van der Waals surface area contributed by atoms with Crippen molar-refractivity contribution in [2.45, 2.75) is 13.1 Å². The van der Waals surface area contributed by atoms with Crippen LogP contribution in [0.1, 0.15) is 11.4 Å². The van der Waals surface area contributed by atoms with E-state index in [2.05, 4.69) is 33.0 Å². The number of hydrogen-bond donors (Lipinski definition) is 1. The average molecular weight is 187 g/mol. The maximum atomic E-state index is 3.94. The summed E-state index contributed by atoms with van der Waals surface area (Å²) in [4.78, 5) is 0. The van der Waals surface area contributed by atoms with Crippen molar-refractivity contribution in [1.82, 2.24) is 20.2 Å². The first kappa shape index (κ1) is 7.49. The summed E-state index contributed by atoms with van der Waals surface area (Å²) in [6.07, 6.45) is 0. The van der Waals surface area contributed by atoms with Crippen molar-refractivity contribution in [3.63, 3.8) is 0 Å². The smallest absolute Gasteiger partial charge is 0.170 e. The van der Waals surface area contributed by atoms with Crippen LogP contribution >= 0.6 is 0 Å². The van der Waals surface area contributed by atoms with Crippen LogP contribution in [0.4, 0.5) is 5.69 Å². The van der Waals surface area contributed by atoms with E-state index in [1.54, 1.807) is 0 Å². The van der Waals surface area contributed by atoms with Gasteiger partial charge in [-0.05, 0) is 22.1 Å². The summed E-state index contributed by atoms with van der Waals surface area (Å²) in [5, 5.41) is 14.8. The molecule has 5 heteroatoms. The standard InChI is InChI=1S/C9H9N5/c1-2-4-8-7(3-1)6-14-9(5-10-8)11-12-13-14/h1-4,10H,5-6H2. The number of para-hydroxylation sites is 1. The summed E-state index contributed by atoms with van der Waals surface area (Å²) in [5.74, 6) is 0.876. The van der Waals surface area contributed by atoms with Crippen molar-refractivity contribution in [1.29, 1.82) is 0 Å². The summed E-state index contributed by atoms with van der Waals surface area (Å²) in [5.41, 5.74) is 2.37. The Morgan fingerprint density at radius 3 is 3.21 bits per heavy atom. The van der Waals surface area contributed by atoms with Gasteiger partial charge in [-0.3, -0.25) is 0 Å². The molecule has 2 aromatic rings. The molecule has 0 radical (unpaired) electrons. The zero-order valence-corrected chi connectivity index (χ0v) is 7.51. The van der Waals surface area contributed by atoms with Gasteiger partial charge in [0.15, 0.2) is 5.82 Å². The Balaban J connectivity index is 2.10. The van der Waals surface area contributed by atoms with Gasteiger partial charge in [-0.2, -0.15) is 0 Å². The molecule has 1 aliphatic rings. The molecule has 0 amide bonds. The summed E-state index contributed by atoms with van der Waals surface area (Å²) in [7, 11) is 0. The van der Waals surface area contributed by atoms with Gasteiger partial charge < -0.3 is 5.32 Å². The monoisotopic (exact) mass is 187 g/mol. The van der Waals surface area contributed by atoms with Crippen molar-refractivity contribution in [2.24, 2.45) is 0 Å². The predicted octanol–water partition coefficient (Wildman–Crippen LogP) is 0.647. The average Bonchev–Trinajstić information content (AvgIpc) is 2.58. The van der Waals surface area contributed by atoms with Crippen LogP contribution in [0.2, 0.25) is 0 Å². The molecule has 0 bridgehead atoms. The number of rotatable bonds is 0. The fourth-order valence-electron chi connectivity index (χ4n) is 1.64. The van der Waals surface area contributed by atoms with Gasteiger partial charge in [-0.15, -0.1) is 5.10 Å².